The van der Waals surface area contributed by atoms with Crippen LogP contribution in [-0.4, -0.2) is 40.8 Å². The summed E-state index contributed by atoms with van der Waals surface area (Å²) in [6, 6.07) is 5.58. The lowest BCUT2D eigenvalue weighted by atomic mass is 10.3. The summed E-state index contributed by atoms with van der Waals surface area (Å²) < 4.78 is 25.3. The van der Waals surface area contributed by atoms with Crippen LogP contribution in [0.3, 0.4) is 0 Å². The fourth-order valence-corrected chi connectivity index (χ4v) is 3.21. The Kier molecular flexibility index (Phi) is 4.14. The van der Waals surface area contributed by atoms with Gasteiger partial charge in [-0.3, -0.25) is 9.48 Å². The van der Waals surface area contributed by atoms with Gasteiger partial charge in [-0.05, 0) is 24.6 Å². The molecule has 0 aliphatic heterocycles. The fourth-order valence-electron chi connectivity index (χ4n) is 1.93. The van der Waals surface area contributed by atoms with Crippen LogP contribution in [-0.2, 0) is 21.2 Å². The molecule has 1 N–H and O–H groups in total. The van der Waals surface area contributed by atoms with Crippen LogP contribution in [0.25, 0.3) is 10.9 Å². The van der Waals surface area contributed by atoms with E-state index < -0.39 is 21.1 Å². The molecule has 0 aliphatic rings. The molecule has 0 amide bonds. The van der Waals surface area contributed by atoms with Gasteiger partial charge in [0, 0.05) is 28.9 Å². The summed E-state index contributed by atoms with van der Waals surface area (Å²) in [5, 5.41) is 12.7. The van der Waals surface area contributed by atoms with Gasteiger partial charge in [-0.25, -0.2) is 8.42 Å². The molecular formula is C12H13BrN2O4S. The van der Waals surface area contributed by atoms with E-state index in [9.17, 15) is 13.2 Å². The third-order valence-corrected chi connectivity index (χ3v) is 4.89. The van der Waals surface area contributed by atoms with Crippen molar-refractivity contribution in [3.8, 4) is 0 Å². The van der Waals surface area contributed by atoms with Crippen LogP contribution in [0.4, 0.5) is 0 Å². The van der Waals surface area contributed by atoms with Gasteiger partial charge in [-0.1, -0.05) is 15.9 Å². The molecule has 1 aromatic carbocycles. The first-order valence-electron chi connectivity index (χ1n) is 5.82. The number of sulfone groups is 1. The van der Waals surface area contributed by atoms with Crippen LogP contribution in [0.2, 0.25) is 0 Å². The Balaban J connectivity index is 2.18. The predicted octanol–water partition coefficient (Wildman–Crippen LogP) is 1.69. The highest BCUT2D eigenvalue weighted by Gasteiger charge is 2.28. The van der Waals surface area contributed by atoms with Crippen molar-refractivity contribution in [3.05, 3.63) is 28.9 Å². The van der Waals surface area contributed by atoms with Crippen molar-refractivity contribution in [2.75, 3.05) is 6.26 Å². The van der Waals surface area contributed by atoms with Gasteiger partial charge in [0.2, 0.25) is 0 Å². The Morgan fingerprint density at radius 3 is 2.80 bits per heavy atom. The third kappa shape index (κ3) is 3.37. The second-order valence-corrected chi connectivity index (χ2v) is 7.68. The Morgan fingerprint density at radius 1 is 1.50 bits per heavy atom. The summed E-state index contributed by atoms with van der Waals surface area (Å²) in [5.74, 6) is -1.33. The second kappa shape index (κ2) is 5.53. The summed E-state index contributed by atoms with van der Waals surface area (Å²) in [6.45, 7) is 0.232. The van der Waals surface area contributed by atoms with E-state index in [2.05, 4.69) is 21.0 Å². The molecule has 1 unspecified atom stereocenters. The van der Waals surface area contributed by atoms with Crippen molar-refractivity contribution in [1.29, 1.82) is 0 Å². The number of aromatic nitrogens is 2. The maximum absolute atomic E-state index is 11.4. The number of hydrogen-bond acceptors (Lipinski definition) is 4. The van der Waals surface area contributed by atoms with E-state index in [0.717, 1.165) is 21.6 Å². The van der Waals surface area contributed by atoms with E-state index in [1.807, 2.05) is 18.2 Å². The monoisotopic (exact) mass is 360 g/mol. The van der Waals surface area contributed by atoms with Crippen molar-refractivity contribution in [3.63, 3.8) is 0 Å². The summed E-state index contributed by atoms with van der Waals surface area (Å²) in [4.78, 5) is 11.0. The highest BCUT2D eigenvalue weighted by atomic mass is 79.9. The molecule has 0 radical (unpaired) electrons. The standard InChI is InChI=1S/C12H13BrN2O4S/c1-20(18,19)11(12(16)17)4-5-15-7-8-6-9(13)2-3-10(8)14-15/h2-3,6-7,11H,4-5H2,1H3,(H,16,17). The molecule has 6 nitrogen and oxygen atoms in total. The molecule has 1 atom stereocenters. The van der Waals surface area contributed by atoms with Crippen molar-refractivity contribution in [1.82, 2.24) is 9.78 Å². The summed E-state index contributed by atoms with van der Waals surface area (Å²) in [7, 11) is -3.62. The number of nitrogens with zero attached hydrogens (tertiary/aromatic N) is 2. The number of hydrogen-bond donors (Lipinski definition) is 1. The van der Waals surface area contributed by atoms with Crippen LogP contribution >= 0.6 is 15.9 Å². The Hall–Kier alpha value is -1.41. The van der Waals surface area contributed by atoms with Gasteiger partial charge >= 0.3 is 5.97 Å². The minimum absolute atomic E-state index is 0.0106. The first kappa shape index (κ1) is 15.0. The number of rotatable bonds is 5. The zero-order valence-electron chi connectivity index (χ0n) is 10.7. The summed E-state index contributed by atoms with van der Waals surface area (Å²) >= 11 is 3.35. The normalized spacial score (nSPS) is 13.5. The number of carbonyl (C=O) groups is 1. The SMILES string of the molecule is CS(=O)(=O)C(CCn1cc2cc(Br)ccc2n1)C(=O)O. The van der Waals surface area contributed by atoms with Crippen LogP contribution in [0, 0.1) is 0 Å². The lowest BCUT2D eigenvalue weighted by Gasteiger charge is -2.09. The summed E-state index contributed by atoms with van der Waals surface area (Å²) in [6.07, 6.45) is 2.69. The van der Waals surface area contributed by atoms with Gasteiger partial charge < -0.3 is 5.11 Å². The number of aliphatic carboxylic acids is 1. The zero-order chi connectivity index (χ0) is 14.9. The average Bonchev–Trinajstić information content (AvgIpc) is 2.68. The average molecular weight is 361 g/mol. The molecule has 2 aromatic rings. The van der Waals surface area contributed by atoms with Gasteiger partial charge in [-0.15, -0.1) is 0 Å². The predicted molar refractivity (Wildman–Crippen MR) is 78.3 cm³/mol. The number of fused-ring (bicyclic) bond motifs is 1. The largest absolute Gasteiger partial charge is 0.480 e. The van der Waals surface area contributed by atoms with Crippen molar-refractivity contribution < 1.29 is 18.3 Å². The quantitative estimate of drug-likeness (QED) is 0.875. The number of benzene rings is 1. The molecule has 20 heavy (non-hydrogen) atoms. The molecule has 8 heteroatoms. The Labute approximate surface area is 124 Å². The minimum Gasteiger partial charge on any atom is -0.480 e. The van der Waals surface area contributed by atoms with Crippen molar-refractivity contribution in [2.24, 2.45) is 0 Å². The van der Waals surface area contributed by atoms with Crippen LogP contribution in [0.15, 0.2) is 28.9 Å². The number of carboxylic acids is 1. The van der Waals surface area contributed by atoms with Crippen molar-refractivity contribution in [2.45, 2.75) is 18.2 Å². The van der Waals surface area contributed by atoms with Crippen LogP contribution < -0.4 is 0 Å². The van der Waals surface area contributed by atoms with Gasteiger partial charge in [0.05, 0.1) is 5.52 Å². The highest BCUT2D eigenvalue weighted by molar-refractivity contribution is 9.10. The Bertz CT molecular complexity index is 754. The minimum atomic E-state index is -3.62. The number of carboxylic acid groups (broad SMARTS) is 1. The lowest BCUT2D eigenvalue weighted by Crippen LogP contribution is -2.30. The molecule has 2 rings (SSSR count). The molecule has 0 bridgehead atoms. The molecule has 0 fully saturated rings. The van der Waals surface area contributed by atoms with Crippen LogP contribution in [0.1, 0.15) is 6.42 Å². The first-order valence-corrected chi connectivity index (χ1v) is 8.56. The maximum atomic E-state index is 11.4. The molecule has 0 saturated heterocycles. The molecule has 0 saturated carbocycles. The molecule has 0 aliphatic carbocycles. The van der Waals surface area contributed by atoms with E-state index in [-0.39, 0.29) is 13.0 Å². The smallest absolute Gasteiger partial charge is 0.321 e. The highest BCUT2D eigenvalue weighted by Crippen LogP contribution is 2.19. The number of halogens is 1. The zero-order valence-corrected chi connectivity index (χ0v) is 13.1. The second-order valence-electron chi connectivity index (χ2n) is 4.54. The van der Waals surface area contributed by atoms with E-state index in [4.69, 9.17) is 5.11 Å². The topological polar surface area (TPSA) is 89.3 Å². The van der Waals surface area contributed by atoms with Gasteiger partial charge in [0.15, 0.2) is 15.1 Å². The van der Waals surface area contributed by atoms with E-state index in [1.165, 1.54) is 0 Å². The van der Waals surface area contributed by atoms with Crippen LogP contribution in [0.5, 0.6) is 0 Å². The molecular weight excluding hydrogens is 348 g/mol. The molecule has 0 spiro atoms. The van der Waals surface area contributed by atoms with Gasteiger partial charge in [0.1, 0.15) is 0 Å². The van der Waals surface area contributed by atoms with E-state index in [1.54, 1.807) is 10.9 Å². The van der Waals surface area contributed by atoms with E-state index in [0.29, 0.717) is 0 Å². The van der Waals surface area contributed by atoms with Crippen molar-refractivity contribution >= 4 is 42.6 Å². The first-order chi connectivity index (χ1) is 9.27. The maximum Gasteiger partial charge on any atom is 0.321 e. The van der Waals surface area contributed by atoms with Gasteiger partial charge in [-0.2, -0.15) is 5.10 Å². The molecule has 1 aromatic heterocycles. The fraction of sp³-hybridized carbons (Fsp3) is 0.333. The van der Waals surface area contributed by atoms with E-state index >= 15 is 0 Å². The molecule has 1 heterocycles. The lowest BCUT2D eigenvalue weighted by molar-refractivity contribution is -0.136. The summed E-state index contributed by atoms with van der Waals surface area (Å²) in [5.41, 5.74) is 0.777. The third-order valence-electron chi connectivity index (χ3n) is 2.93. The van der Waals surface area contributed by atoms with Gasteiger partial charge in [0.25, 0.3) is 0 Å². The molecule has 108 valence electrons. The Morgan fingerprint density at radius 2 is 2.20 bits per heavy atom. The number of aryl methyl sites for hydroxylation is 1.